The van der Waals surface area contributed by atoms with Crippen LogP contribution in [-0.2, 0) is 9.31 Å². The molecule has 3 aromatic carbocycles. The molecule has 0 saturated carbocycles. The lowest BCUT2D eigenvalue weighted by Gasteiger charge is -2.32. The second kappa shape index (κ2) is 6.41. The summed E-state index contributed by atoms with van der Waals surface area (Å²) in [4.78, 5) is 4.91. The minimum absolute atomic E-state index is 0.364. The molecule has 1 aliphatic rings. The molecule has 4 heteroatoms. The van der Waals surface area contributed by atoms with Gasteiger partial charge in [-0.2, -0.15) is 0 Å². The molecular formula is C25H24BNO2. The Bertz CT molecular complexity index is 1220. The maximum Gasteiger partial charge on any atom is 0.495 e. The van der Waals surface area contributed by atoms with Crippen LogP contribution < -0.4 is 5.46 Å². The van der Waals surface area contributed by atoms with E-state index >= 15 is 0 Å². The van der Waals surface area contributed by atoms with Crippen LogP contribution in [0.2, 0.25) is 0 Å². The molecule has 1 fully saturated rings. The molecule has 0 N–H and O–H groups in total. The topological polar surface area (TPSA) is 31.4 Å². The number of fused-ring (bicyclic) bond motifs is 2. The molecule has 1 aliphatic heterocycles. The molecule has 2 heterocycles. The average molecular weight is 381 g/mol. The van der Waals surface area contributed by atoms with Crippen molar-refractivity contribution in [3.05, 3.63) is 72.8 Å². The maximum atomic E-state index is 6.32. The van der Waals surface area contributed by atoms with E-state index < -0.39 is 0 Å². The quantitative estimate of drug-likeness (QED) is 0.439. The van der Waals surface area contributed by atoms with Gasteiger partial charge < -0.3 is 9.31 Å². The molecule has 29 heavy (non-hydrogen) atoms. The first-order valence-corrected chi connectivity index (χ1v) is 10.1. The summed E-state index contributed by atoms with van der Waals surface area (Å²) in [5, 5.41) is 3.44. The minimum atomic E-state index is -0.386. The average Bonchev–Trinajstić information content (AvgIpc) is 2.93. The summed E-state index contributed by atoms with van der Waals surface area (Å²) in [7, 11) is -0.386. The van der Waals surface area contributed by atoms with Gasteiger partial charge in [-0.3, -0.25) is 0 Å². The summed E-state index contributed by atoms with van der Waals surface area (Å²) in [5.74, 6) is 0. The van der Waals surface area contributed by atoms with E-state index in [4.69, 9.17) is 14.3 Å². The van der Waals surface area contributed by atoms with Crippen molar-refractivity contribution in [3.63, 3.8) is 0 Å². The second-order valence-electron chi connectivity index (χ2n) is 8.73. The van der Waals surface area contributed by atoms with Gasteiger partial charge in [-0.1, -0.05) is 60.7 Å². The molecule has 4 aromatic rings. The molecule has 0 bridgehead atoms. The van der Waals surface area contributed by atoms with E-state index in [0.717, 1.165) is 38.4 Å². The van der Waals surface area contributed by atoms with Crippen molar-refractivity contribution in [2.45, 2.75) is 38.9 Å². The minimum Gasteiger partial charge on any atom is -0.399 e. The van der Waals surface area contributed by atoms with Crippen LogP contribution in [0.4, 0.5) is 0 Å². The Morgan fingerprint density at radius 3 is 2.10 bits per heavy atom. The summed E-state index contributed by atoms with van der Waals surface area (Å²) < 4.78 is 12.6. The molecular weight excluding hydrogens is 357 g/mol. The first-order valence-electron chi connectivity index (χ1n) is 10.1. The van der Waals surface area contributed by atoms with Crippen LogP contribution in [0.3, 0.4) is 0 Å². The first-order chi connectivity index (χ1) is 13.9. The molecule has 0 amide bonds. The highest BCUT2D eigenvalue weighted by atomic mass is 16.7. The number of rotatable bonds is 2. The third-order valence-electron chi connectivity index (χ3n) is 6.34. The van der Waals surface area contributed by atoms with Gasteiger partial charge in [0.25, 0.3) is 0 Å². The van der Waals surface area contributed by atoms with Gasteiger partial charge in [0.2, 0.25) is 0 Å². The van der Waals surface area contributed by atoms with E-state index in [1.54, 1.807) is 0 Å². The normalized spacial score (nSPS) is 17.9. The standard InChI is InChI=1S/C25H24BNO2/c1-24(2)25(3,4)29-26(28-24)21-15-14-20(18-10-6-7-11-19(18)21)23-16-13-17-9-5-8-12-22(17)27-23/h5-16H,1-4H3. The van der Waals surface area contributed by atoms with Crippen molar-refractivity contribution in [2.24, 2.45) is 0 Å². The number of para-hydroxylation sites is 1. The molecule has 3 nitrogen and oxygen atoms in total. The van der Waals surface area contributed by atoms with Crippen LogP contribution in [-0.4, -0.2) is 23.3 Å². The lowest BCUT2D eigenvalue weighted by Crippen LogP contribution is -2.41. The third kappa shape index (κ3) is 2.95. The van der Waals surface area contributed by atoms with E-state index in [1.807, 2.05) is 12.1 Å². The van der Waals surface area contributed by atoms with Gasteiger partial charge in [0, 0.05) is 10.9 Å². The Labute approximate surface area is 171 Å². The van der Waals surface area contributed by atoms with Gasteiger partial charge in [-0.05, 0) is 56.1 Å². The summed E-state index contributed by atoms with van der Waals surface area (Å²) in [6.07, 6.45) is 0. The van der Waals surface area contributed by atoms with E-state index in [0.29, 0.717) is 0 Å². The smallest absolute Gasteiger partial charge is 0.399 e. The Balaban J connectivity index is 1.65. The monoisotopic (exact) mass is 381 g/mol. The van der Waals surface area contributed by atoms with Crippen molar-refractivity contribution in [3.8, 4) is 11.3 Å². The van der Waals surface area contributed by atoms with Crippen molar-refractivity contribution >= 4 is 34.3 Å². The molecule has 5 rings (SSSR count). The lowest BCUT2D eigenvalue weighted by atomic mass is 9.75. The predicted molar refractivity (Wildman–Crippen MR) is 120 cm³/mol. The number of benzene rings is 3. The highest BCUT2D eigenvalue weighted by Gasteiger charge is 2.52. The fraction of sp³-hybridized carbons (Fsp3) is 0.240. The molecule has 0 aliphatic carbocycles. The zero-order valence-corrected chi connectivity index (χ0v) is 17.3. The van der Waals surface area contributed by atoms with Gasteiger partial charge in [-0.15, -0.1) is 0 Å². The van der Waals surface area contributed by atoms with Gasteiger partial charge >= 0.3 is 7.12 Å². The van der Waals surface area contributed by atoms with Crippen molar-refractivity contribution < 1.29 is 9.31 Å². The van der Waals surface area contributed by atoms with Gasteiger partial charge in [0.1, 0.15) is 0 Å². The number of hydrogen-bond acceptors (Lipinski definition) is 3. The number of nitrogens with zero attached hydrogens (tertiary/aromatic N) is 1. The Morgan fingerprint density at radius 1 is 0.690 bits per heavy atom. The SMILES string of the molecule is CC1(C)OB(c2ccc(-c3ccc4ccccc4n3)c3ccccc23)OC1(C)C. The van der Waals surface area contributed by atoms with Crippen LogP contribution in [0.1, 0.15) is 27.7 Å². The Morgan fingerprint density at radius 2 is 1.34 bits per heavy atom. The van der Waals surface area contributed by atoms with Crippen LogP contribution >= 0.6 is 0 Å². The Kier molecular flexibility index (Phi) is 4.06. The van der Waals surface area contributed by atoms with Gasteiger partial charge in [0.15, 0.2) is 0 Å². The third-order valence-corrected chi connectivity index (χ3v) is 6.34. The molecule has 1 saturated heterocycles. The molecule has 1 aromatic heterocycles. The zero-order chi connectivity index (χ0) is 20.2. The summed E-state index contributed by atoms with van der Waals surface area (Å²) in [6, 6.07) is 25.1. The largest absolute Gasteiger partial charge is 0.495 e. The molecule has 0 spiro atoms. The van der Waals surface area contributed by atoms with Crippen LogP contribution in [0.5, 0.6) is 0 Å². The van der Waals surface area contributed by atoms with E-state index in [9.17, 15) is 0 Å². The van der Waals surface area contributed by atoms with E-state index in [-0.39, 0.29) is 18.3 Å². The molecule has 0 radical (unpaired) electrons. The predicted octanol–water partition coefficient (Wildman–Crippen LogP) is 5.35. The first kappa shape index (κ1) is 18.4. The van der Waals surface area contributed by atoms with Gasteiger partial charge in [-0.25, -0.2) is 4.98 Å². The number of pyridine rings is 1. The fourth-order valence-corrected chi connectivity index (χ4v) is 3.94. The number of aromatic nitrogens is 1. The maximum absolute atomic E-state index is 6.32. The van der Waals surface area contributed by atoms with Crippen LogP contribution in [0.25, 0.3) is 32.9 Å². The summed E-state index contributed by atoms with van der Waals surface area (Å²) in [5.41, 5.74) is 3.43. The Hall–Kier alpha value is -2.69. The lowest BCUT2D eigenvalue weighted by molar-refractivity contribution is 0.00578. The van der Waals surface area contributed by atoms with Crippen molar-refractivity contribution in [1.82, 2.24) is 4.98 Å². The molecule has 144 valence electrons. The fourth-order valence-electron chi connectivity index (χ4n) is 3.94. The van der Waals surface area contributed by atoms with Crippen molar-refractivity contribution in [2.75, 3.05) is 0 Å². The zero-order valence-electron chi connectivity index (χ0n) is 17.3. The molecule has 0 atom stereocenters. The van der Waals surface area contributed by atoms with Gasteiger partial charge in [0.05, 0.1) is 22.4 Å². The highest BCUT2D eigenvalue weighted by Crippen LogP contribution is 2.37. The second-order valence-corrected chi connectivity index (χ2v) is 8.73. The van der Waals surface area contributed by atoms with E-state index in [2.05, 4.69) is 88.4 Å². The molecule has 0 unspecified atom stereocenters. The van der Waals surface area contributed by atoms with E-state index in [1.165, 1.54) is 0 Å². The number of hydrogen-bond donors (Lipinski definition) is 0. The van der Waals surface area contributed by atoms with Crippen molar-refractivity contribution in [1.29, 1.82) is 0 Å². The summed E-state index contributed by atoms with van der Waals surface area (Å²) in [6.45, 7) is 8.34. The van der Waals surface area contributed by atoms with Crippen LogP contribution in [0.15, 0.2) is 72.8 Å². The highest BCUT2D eigenvalue weighted by molar-refractivity contribution is 6.65. The summed E-state index contributed by atoms with van der Waals surface area (Å²) >= 11 is 0. The van der Waals surface area contributed by atoms with Crippen LogP contribution in [0, 0.1) is 0 Å².